The van der Waals surface area contributed by atoms with Crippen LogP contribution in [0.1, 0.15) is 0 Å². The van der Waals surface area contributed by atoms with E-state index >= 15 is 0 Å². The molecule has 0 N–H and O–H groups in total. The van der Waals surface area contributed by atoms with Crippen molar-refractivity contribution in [3.05, 3.63) is 48.5 Å². The first-order chi connectivity index (χ1) is 8.21. The van der Waals surface area contributed by atoms with Crippen LogP contribution in [0.2, 0.25) is 39.3 Å². The van der Waals surface area contributed by atoms with E-state index in [1.165, 1.54) is 0 Å². The van der Waals surface area contributed by atoms with Crippen LogP contribution in [0.5, 0.6) is 0 Å². The quantitative estimate of drug-likeness (QED) is 0.423. The first kappa shape index (κ1) is 25.5. The molecule has 0 radical (unpaired) electrons. The van der Waals surface area contributed by atoms with Gasteiger partial charge in [0.1, 0.15) is 0 Å². The second-order valence-corrected chi connectivity index (χ2v) is 17.0. The summed E-state index contributed by atoms with van der Waals surface area (Å²) >= 11 is 0. The van der Waals surface area contributed by atoms with E-state index in [1.807, 2.05) is 0 Å². The maximum absolute atomic E-state index is 2.36. The normalized spacial score (nSPS) is 10.2. The average molecular weight is 365 g/mol. The Balaban J connectivity index is -0.000000270. The fourth-order valence-electron chi connectivity index (χ4n) is 1.75. The van der Waals surface area contributed by atoms with Gasteiger partial charge in [-0.25, -0.2) is 24.3 Å². The van der Waals surface area contributed by atoms with Crippen LogP contribution in [0.4, 0.5) is 0 Å². The van der Waals surface area contributed by atoms with Gasteiger partial charge in [-0.15, -0.1) is 0 Å². The first-order valence-corrected chi connectivity index (χ1v) is 13.7. The smallest absolute Gasteiger partial charge is 1.00 e. The van der Waals surface area contributed by atoms with E-state index in [0.717, 1.165) is 0 Å². The predicted octanol–water partition coefficient (Wildman–Crippen LogP) is -2.09. The molecule has 2 aromatic carbocycles. The number of rotatable bonds is 2. The number of hydrogen-bond acceptors (Lipinski definition) is 0. The van der Waals surface area contributed by atoms with E-state index in [1.54, 1.807) is 10.4 Å². The van der Waals surface area contributed by atoms with Crippen LogP contribution in [-0.2, 0) is 17.4 Å². The second kappa shape index (κ2) is 10.3. The van der Waals surface area contributed by atoms with Crippen molar-refractivity contribution >= 4 is 26.5 Å². The number of halogens is 2. The van der Waals surface area contributed by atoms with Crippen LogP contribution in [0.15, 0.2) is 48.5 Å². The molecule has 0 fully saturated rings. The summed E-state index contributed by atoms with van der Waals surface area (Å²) in [6, 6.07) is 17.4. The van der Waals surface area contributed by atoms with E-state index in [2.05, 4.69) is 87.8 Å². The molecule has 0 aliphatic heterocycles. The third kappa shape index (κ3) is 9.20. The summed E-state index contributed by atoms with van der Waals surface area (Å²) in [6.45, 7) is 14.2. The Morgan fingerprint density at radius 2 is 0.714 bits per heavy atom. The van der Waals surface area contributed by atoms with Gasteiger partial charge in [0, 0.05) is 16.1 Å². The van der Waals surface area contributed by atoms with Gasteiger partial charge in [-0.3, -0.25) is 0 Å². The van der Waals surface area contributed by atoms with Crippen molar-refractivity contribution in [1.29, 1.82) is 0 Å². The Morgan fingerprint density at radius 1 is 0.524 bits per heavy atom. The molecule has 0 atom stereocenters. The zero-order valence-corrected chi connectivity index (χ0v) is 17.1. The minimum absolute atomic E-state index is 0. The summed E-state index contributed by atoms with van der Waals surface area (Å²) in [7, 11) is -1.96. The maximum Gasteiger partial charge on any atom is 4.00 e. The van der Waals surface area contributed by atoms with Crippen molar-refractivity contribution in [3.63, 3.8) is 0 Å². The van der Waals surface area contributed by atoms with Gasteiger partial charge in [0.15, 0.2) is 0 Å². The van der Waals surface area contributed by atoms with Crippen molar-refractivity contribution in [2.24, 2.45) is 0 Å². The van der Waals surface area contributed by atoms with Gasteiger partial charge in [0.25, 0.3) is 0 Å². The summed E-state index contributed by atoms with van der Waals surface area (Å²) in [6.07, 6.45) is 0. The Hall–Kier alpha value is -0.474. The fraction of sp³-hybridized carbons (Fsp3) is 0.375. The molecule has 0 aromatic heterocycles. The van der Waals surface area contributed by atoms with Crippen LogP contribution >= 0.6 is 0 Å². The summed E-state index contributed by atoms with van der Waals surface area (Å²) in [5.41, 5.74) is 0. The van der Waals surface area contributed by atoms with Gasteiger partial charge in [0.05, 0.1) is 0 Å². The SMILES string of the molecule is C[Si](C)(C)[c-]1cccc1.C[Si](C)(C)[c-]1cccc1.[Cr+4].[F-].[F-]. The molecule has 2 aromatic rings. The standard InChI is InChI=1S/2C8H13Si.Cr.2FH/c2*1-9(2,3)8-6-4-5-7-8;;;/h2*4-7H,1-3H3;;2*1H/q2*-1;+4;;/p-2. The van der Waals surface area contributed by atoms with Gasteiger partial charge in [-0.2, -0.15) is 34.6 Å². The molecule has 0 saturated heterocycles. The van der Waals surface area contributed by atoms with Crippen molar-refractivity contribution in [2.75, 3.05) is 0 Å². The van der Waals surface area contributed by atoms with E-state index < -0.39 is 16.1 Å². The monoisotopic (exact) mass is 364 g/mol. The Labute approximate surface area is 141 Å². The summed E-state index contributed by atoms with van der Waals surface area (Å²) < 4.78 is 0. The minimum atomic E-state index is -0.981. The Morgan fingerprint density at radius 3 is 0.810 bits per heavy atom. The third-order valence-electron chi connectivity index (χ3n) is 3.06. The third-order valence-corrected chi connectivity index (χ3v) is 7.19. The Bertz CT molecular complexity index is 393. The van der Waals surface area contributed by atoms with E-state index in [9.17, 15) is 0 Å². The van der Waals surface area contributed by atoms with Gasteiger partial charge in [0.2, 0.25) is 0 Å². The predicted molar refractivity (Wildman–Crippen MR) is 90.0 cm³/mol. The first-order valence-electron chi connectivity index (χ1n) is 6.65. The molecular weight excluding hydrogens is 338 g/mol. The van der Waals surface area contributed by atoms with Crippen LogP contribution in [0.3, 0.4) is 0 Å². The Kier molecular flexibility index (Phi) is 12.5. The van der Waals surface area contributed by atoms with E-state index in [-0.39, 0.29) is 26.8 Å². The van der Waals surface area contributed by atoms with Crippen LogP contribution in [-0.4, -0.2) is 16.1 Å². The molecule has 0 aliphatic carbocycles. The van der Waals surface area contributed by atoms with Gasteiger partial charge in [-0.05, 0) is 0 Å². The molecule has 0 nitrogen and oxygen atoms in total. The van der Waals surface area contributed by atoms with Gasteiger partial charge in [-0.1, -0.05) is 39.3 Å². The van der Waals surface area contributed by atoms with Crippen molar-refractivity contribution in [1.82, 2.24) is 0 Å². The van der Waals surface area contributed by atoms with Crippen molar-refractivity contribution in [3.8, 4) is 0 Å². The molecule has 0 bridgehead atoms. The van der Waals surface area contributed by atoms with Gasteiger partial charge >= 0.3 is 17.4 Å². The zero-order valence-electron chi connectivity index (χ0n) is 13.8. The largest absolute Gasteiger partial charge is 4.00 e. The molecule has 2 rings (SSSR count). The van der Waals surface area contributed by atoms with Crippen molar-refractivity contribution in [2.45, 2.75) is 39.3 Å². The zero-order chi connectivity index (χ0) is 13.8. The molecule has 0 amide bonds. The van der Waals surface area contributed by atoms with Crippen molar-refractivity contribution < 1.29 is 26.8 Å². The molecule has 0 spiro atoms. The van der Waals surface area contributed by atoms with Crippen LogP contribution in [0.25, 0.3) is 0 Å². The van der Waals surface area contributed by atoms with Gasteiger partial charge < -0.3 is 9.41 Å². The second-order valence-electron chi connectivity index (χ2n) is 6.85. The van der Waals surface area contributed by atoms with E-state index in [4.69, 9.17) is 0 Å². The molecule has 21 heavy (non-hydrogen) atoms. The maximum atomic E-state index is 2.36. The molecule has 0 heterocycles. The molecule has 0 unspecified atom stereocenters. The summed E-state index contributed by atoms with van der Waals surface area (Å²) in [4.78, 5) is 0. The summed E-state index contributed by atoms with van der Waals surface area (Å²) in [5.74, 6) is 0. The fourth-order valence-corrected chi connectivity index (χ4v) is 4.13. The van der Waals surface area contributed by atoms with Crippen LogP contribution < -0.4 is 19.8 Å². The topological polar surface area (TPSA) is 0 Å². The molecular formula is C16H26CrF2Si2. The summed E-state index contributed by atoms with van der Waals surface area (Å²) in [5, 5.41) is 3.12. The van der Waals surface area contributed by atoms with Crippen LogP contribution in [0, 0.1) is 0 Å². The average Bonchev–Trinajstić information content (AvgIpc) is 2.91. The molecule has 0 aliphatic rings. The molecule has 118 valence electrons. The van der Waals surface area contributed by atoms with E-state index in [0.29, 0.717) is 0 Å². The minimum Gasteiger partial charge on any atom is -1.00 e. The molecule has 0 saturated carbocycles. The number of hydrogen-bond donors (Lipinski definition) is 0. The molecule has 5 heteroatoms.